The van der Waals surface area contributed by atoms with Gasteiger partial charge in [0.05, 0.1) is 0 Å². The molecule has 1 amide bonds. The number of carbonyl (C=O) groups is 2. The first kappa shape index (κ1) is 19.6. The van der Waals surface area contributed by atoms with Crippen LogP contribution in [0.4, 0.5) is 0 Å². The van der Waals surface area contributed by atoms with Gasteiger partial charge in [0.15, 0.2) is 0 Å². The van der Waals surface area contributed by atoms with Crippen LogP contribution >= 0.6 is 0 Å². The average Bonchev–Trinajstić information content (AvgIpc) is 2.75. The lowest BCUT2D eigenvalue weighted by Crippen LogP contribution is -2.31. The number of carbonyl (C=O) groups excluding carboxylic acids is 1. The van der Waals surface area contributed by atoms with Crippen molar-refractivity contribution >= 4 is 22.0 Å². The number of amides is 1. The molecule has 1 unspecified atom stereocenters. The zero-order chi connectivity index (χ0) is 18.3. The Hall–Kier alpha value is -2.49. The smallest absolute Gasteiger partial charge is 0.320 e. The first-order chi connectivity index (χ1) is 11.1. The van der Waals surface area contributed by atoms with Crippen molar-refractivity contribution in [2.24, 2.45) is 11.5 Å². The minimum absolute atomic E-state index is 0.0213. The summed E-state index contributed by atoms with van der Waals surface area (Å²) in [6, 6.07) is 10.9. The van der Waals surface area contributed by atoms with E-state index in [4.69, 9.17) is 21.1 Å². The first-order valence-electron chi connectivity index (χ1n) is 6.85. The van der Waals surface area contributed by atoms with E-state index in [0.29, 0.717) is 5.56 Å². The third-order valence-electron chi connectivity index (χ3n) is 3.05. The van der Waals surface area contributed by atoms with Crippen LogP contribution in [0.25, 0.3) is 11.1 Å². The van der Waals surface area contributed by atoms with Crippen molar-refractivity contribution in [3.05, 3.63) is 42.5 Å². The van der Waals surface area contributed by atoms with Gasteiger partial charge in [-0.15, -0.1) is 0 Å². The molecule has 0 fully saturated rings. The van der Waals surface area contributed by atoms with Gasteiger partial charge in [0.1, 0.15) is 10.9 Å². The van der Waals surface area contributed by atoms with Crippen LogP contribution in [-0.4, -0.2) is 36.0 Å². The number of rotatable bonds is 5. The molecule has 0 radical (unpaired) electrons. The maximum Gasteiger partial charge on any atom is 0.320 e. The molecule has 0 bridgehead atoms. The standard InChI is InChI=1S/C10H8O3S.C5H10N2O3/c11-14(12,13)10-7-6-8-4-2-1-3-5-9(8)10;6-3(5(9)10)1-2-4(7)8/h1-7H,(H,11,12,13);3H,1-2,6H2,(H2,7,8)(H,9,10). The van der Waals surface area contributed by atoms with Gasteiger partial charge in [-0.25, -0.2) is 0 Å². The van der Waals surface area contributed by atoms with Gasteiger partial charge in [-0.05, 0) is 18.1 Å². The first-order valence-corrected chi connectivity index (χ1v) is 8.29. The quantitative estimate of drug-likeness (QED) is 0.575. The maximum absolute atomic E-state index is 11.0. The van der Waals surface area contributed by atoms with Gasteiger partial charge in [0.25, 0.3) is 10.1 Å². The fourth-order valence-corrected chi connectivity index (χ4v) is 2.54. The lowest BCUT2D eigenvalue weighted by molar-refractivity contribution is -0.138. The molecule has 0 heterocycles. The summed E-state index contributed by atoms with van der Waals surface area (Å²) < 4.78 is 30.9. The molecule has 130 valence electrons. The lowest BCUT2D eigenvalue weighted by atomic mass is 10.2. The molecule has 0 aromatic heterocycles. The summed E-state index contributed by atoms with van der Waals surface area (Å²) in [6.45, 7) is 0. The summed E-state index contributed by atoms with van der Waals surface area (Å²) in [4.78, 5) is 20.1. The minimum Gasteiger partial charge on any atom is -0.480 e. The number of nitrogens with two attached hydrogens (primary N) is 2. The third kappa shape index (κ3) is 5.95. The second-order valence-corrected chi connectivity index (χ2v) is 6.29. The lowest BCUT2D eigenvalue weighted by Gasteiger charge is -2.01. The molecule has 1 atom stereocenters. The fraction of sp³-hybridized carbons (Fsp3) is 0.200. The van der Waals surface area contributed by atoms with Crippen molar-refractivity contribution in [1.29, 1.82) is 0 Å². The zero-order valence-corrected chi connectivity index (χ0v) is 13.4. The van der Waals surface area contributed by atoms with Crippen molar-refractivity contribution in [3.63, 3.8) is 0 Å². The molecule has 2 rings (SSSR count). The summed E-state index contributed by atoms with van der Waals surface area (Å²) >= 11 is 0. The van der Waals surface area contributed by atoms with E-state index in [1.54, 1.807) is 30.3 Å². The molecule has 2 aliphatic carbocycles. The van der Waals surface area contributed by atoms with Gasteiger partial charge in [-0.2, -0.15) is 8.42 Å². The predicted molar refractivity (Wildman–Crippen MR) is 86.9 cm³/mol. The van der Waals surface area contributed by atoms with Crippen LogP contribution in [0.3, 0.4) is 0 Å². The van der Waals surface area contributed by atoms with Gasteiger partial charge in [0, 0.05) is 12.0 Å². The summed E-state index contributed by atoms with van der Waals surface area (Å²) in [6.07, 6.45) is 0.123. The van der Waals surface area contributed by atoms with E-state index in [-0.39, 0.29) is 17.7 Å². The van der Waals surface area contributed by atoms with E-state index in [2.05, 4.69) is 0 Å². The molecule has 0 saturated carbocycles. The Labute approximate surface area is 139 Å². The Morgan fingerprint density at radius 2 is 1.71 bits per heavy atom. The highest BCUT2D eigenvalue weighted by atomic mass is 32.2. The summed E-state index contributed by atoms with van der Waals surface area (Å²) in [5, 5.41) is 8.22. The molecular formula is C15H18N2O6S. The van der Waals surface area contributed by atoms with E-state index >= 15 is 0 Å². The van der Waals surface area contributed by atoms with Gasteiger partial charge < -0.3 is 16.6 Å². The molecule has 0 aromatic carbocycles. The Balaban J connectivity index is 0.000000257. The molecule has 9 heteroatoms. The van der Waals surface area contributed by atoms with Crippen molar-refractivity contribution in [2.75, 3.05) is 0 Å². The third-order valence-corrected chi connectivity index (χ3v) is 3.96. The molecule has 0 aliphatic heterocycles. The molecule has 8 nitrogen and oxygen atoms in total. The van der Waals surface area contributed by atoms with E-state index in [1.807, 2.05) is 6.07 Å². The molecule has 6 N–H and O–H groups in total. The Kier molecular flexibility index (Phi) is 6.83. The van der Waals surface area contributed by atoms with Crippen LogP contribution in [0, 0.1) is 0 Å². The highest BCUT2D eigenvalue weighted by Gasteiger charge is 2.17. The second kappa shape index (κ2) is 8.39. The van der Waals surface area contributed by atoms with E-state index in [1.165, 1.54) is 6.07 Å². The average molecular weight is 354 g/mol. The van der Waals surface area contributed by atoms with Crippen LogP contribution in [0.15, 0.2) is 47.4 Å². The molecule has 24 heavy (non-hydrogen) atoms. The number of aliphatic carboxylic acids is 1. The monoisotopic (exact) mass is 354 g/mol. The van der Waals surface area contributed by atoms with Crippen LogP contribution in [-0.2, 0) is 19.7 Å². The molecule has 0 saturated heterocycles. The van der Waals surface area contributed by atoms with Gasteiger partial charge >= 0.3 is 5.97 Å². The summed E-state index contributed by atoms with van der Waals surface area (Å²) in [5.41, 5.74) is 11.1. The number of carboxylic acid groups (broad SMARTS) is 1. The highest BCUT2D eigenvalue weighted by Crippen LogP contribution is 2.29. The topological polar surface area (TPSA) is 161 Å². The molecular weight excluding hydrogens is 336 g/mol. The fourth-order valence-electron chi connectivity index (χ4n) is 1.83. The Bertz CT molecular complexity index is 790. The predicted octanol–water partition coefficient (Wildman–Crippen LogP) is 0.702. The number of primary amides is 1. The zero-order valence-electron chi connectivity index (χ0n) is 12.6. The summed E-state index contributed by atoms with van der Waals surface area (Å²) in [5.74, 6) is -1.64. The minimum atomic E-state index is -4.12. The summed E-state index contributed by atoms with van der Waals surface area (Å²) in [7, 11) is -4.12. The van der Waals surface area contributed by atoms with Crippen LogP contribution in [0.5, 0.6) is 0 Å². The van der Waals surface area contributed by atoms with Crippen molar-refractivity contribution in [2.45, 2.75) is 23.8 Å². The van der Waals surface area contributed by atoms with E-state index in [9.17, 15) is 18.0 Å². The molecule has 0 aromatic rings. The molecule has 2 aliphatic rings. The van der Waals surface area contributed by atoms with Gasteiger partial charge in [-0.1, -0.05) is 36.4 Å². The number of hydrogen-bond donors (Lipinski definition) is 4. The van der Waals surface area contributed by atoms with Crippen LogP contribution in [0.2, 0.25) is 0 Å². The SMILES string of the molecule is NC(=O)CCC(N)C(=O)O.O=S(=O)(O)c1ccc2cccccc1-2. The number of fused-ring (bicyclic) bond motifs is 1. The second-order valence-electron chi connectivity index (χ2n) is 4.90. The van der Waals surface area contributed by atoms with Gasteiger partial charge in [-0.3, -0.25) is 14.1 Å². The van der Waals surface area contributed by atoms with E-state index in [0.717, 1.165) is 5.56 Å². The number of hydrogen-bond acceptors (Lipinski definition) is 5. The molecule has 0 spiro atoms. The van der Waals surface area contributed by atoms with Crippen LogP contribution < -0.4 is 11.5 Å². The largest absolute Gasteiger partial charge is 0.480 e. The normalized spacial score (nSPS) is 12.1. The van der Waals surface area contributed by atoms with Crippen molar-refractivity contribution < 1.29 is 27.7 Å². The Morgan fingerprint density at radius 3 is 2.25 bits per heavy atom. The number of carboxylic acids is 1. The van der Waals surface area contributed by atoms with Crippen LogP contribution in [0.1, 0.15) is 12.8 Å². The van der Waals surface area contributed by atoms with E-state index < -0.39 is 28.0 Å². The maximum atomic E-state index is 11.0. The Morgan fingerprint density at radius 1 is 1.08 bits per heavy atom. The van der Waals surface area contributed by atoms with Crippen molar-refractivity contribution in [3.8, 4) is 11.1 Å². The highest BCUT2D eigenvalue weighted by molar-refractivity contribution is 7.86. The van der Waals surface area contributed by atoms with Gasteiger partial charge in [0.2, 0.25) is 5.91 Å². The van der Waals surface area contributed by atoms with Crippen molar-refractivity contribution in [1.82, 2.24) is 0 Å².